The fourth-order valence-electron chi connectivity index (χ4n) is 2.40. The number of thiophene rings is 1. The summed E-state index contributed by atoms with van der Waals surface area (Å²) >= 11 is 11.7. The van der Waals surface area contributed by atoms with E-state index >= 15 is 0 Å². The van der Waals surface area contributed by atoms with Crippen LogP contribution in [0.3, 0.4) is 0 Å². The summed E-state index contributed by atoms with van der Waals surface area (Å²) in [7, 11) is 0. The van der Waals surface area contributed by atoms with E-state index in [0.717, 1.165) is 3.79 Å². The predicted molar refractivity (Wildman–Crippen MR) is 78.2 cm³/mol. The molecule has 1 aliphatic carbocycles. The largest absolute Gasteiger partial charge is 0.136 e. The van der Waals surface area contributed by atoms with Crippen LogP contribution in [0.15, 0.2) is 33.4 Å². The Bertz CT molecular complexity index is 547. The van der Waals surface area contributed by atoms with Gasteiger partial charge in [-0.2, -0.15) is 0 Å². The minimum atomic E-state index is -0.0246. The van der Waals surface area contributed by atoms with Crippen LogP contribution in [0.4, 0.5) is 0 Å². The van der Waals surface area contributed by atoms with Gasteiger partial charge in [0, 0.05) is 0 Å². The van der Waals surface area contributed by atoms with Crippen molar-refractivity contribution in [2.45, 2.75) is 24.6 Å². The molecule has 1 aromatic heterocycles. The van der Waals surface area contributed by atoms with Crippen LogP contribution >= 0.6 is 38.9 Å². The van der Waals surface area contributed by atoms with Gasteiger partial charge in [-0.15, -0.1) is 22.9 Å². The lowest BCUT2D eigenvalue weighted by Gasteiger charge is -2.10. The van der Waals surface area contributed by atoms with Crippen LogP contribution in [-0.4, -0.2) is 0 Å². The second kappa shape index (κ2) is 4.75. The maximum Gasteiger partial charge on any atom is 0.0843 e. The van der Waals surface area contributed by atoms with E-state index in [1.54, 1.807) is 11.3 Å². The van der Waals surface area contributed by atoms with Crippen LogP contribution in [0, 0.1) is 0 Å². The van der Waals surface area contributed by atoms with Crippen LogP contribution in [-0.2, 0) is 12.8 Å². The summed E-state index contributed by atoms with van der Waals surface area (Å²) in [6.45, 7) is 0. The van der Waals surface area contributed by atoms with E-state index in [1.807, 2.05) is 0 Å². The summed E-state index contributed by atoms with van der Waals surface area (Å²) in [6, 6.07) is 8.81. The number of hydrogen-bond donors (Lipinski definition) is 0. The fraction of sp³-hybridized carbons (Fsp3) is 0.286. The molecule has 0 saturated carbocycles. The van der Waals surface area contributed by atoms with Crippen molar-refractivity contribution >= 4 is 38.9 Å². The highest BCUT2D eigenvalue weighted by Crippen LogP contribution is 2.35. The minimum absolute atomic E-state index is 0.0246. The number of alkyl halides is 1. The Balaban J connectivity index is 1.94. The third kappa shape index (κ3) is 2.31. The maximum absolute atomic E-state index is 6.53. The summed E-state index contributed by atoms with van der Waals surface area (Å²) in [6.07, 6.45) is 3.72. The number of aryl methyl sites for hydroxylation is 2. The Hall–Kier alpha value is -0.310. The lowest BCUT2D eigenvalue weighted by Crippen LogP contribution is -1.93. The molecule has 0 saturated heterocycles. The highest BCUT2D eigenvalue weighted by Gasteiger charge is 2.16. The van der Waals surface area contributed by atoms with Gasteiger partial charge in [0.2, 0.25) is 0 Å². The summed E-state index contributed by atoms with van der Waals surface area (Å²) in [5.74, 6) is 0. The van der Waals surface area contributed by atoms with E-state index in [2.05, 4.69) is 45.6 Å². The first-order valence-corrected chi connectivity index (χ1v) is 7.84. The fourth-order valence-corrected chi connectivity index (χ4v) is 3.94. The van der Waals surface area contributed by atoms with Crippen LogP contribution in [0.25, 0.3) is 0 Å². The zero-order valence-corrected chi connectivity index (χ0v) is 12.4. The van der Waals surface area contributed by atoms with Gasteiger partial charge in [0.1, 0.15) is 0 Å². The molecule has 0 fully saturated rings. The van der Waals surface area contributed by atoms with Crippen molar-refractivity contribution in [3.63, 3.8) is 0 Å². The van der Waals surface area contributed by atoms with Crippen LogP contribution in [0.1, 0.15) is 34.1 Å². The summed E-state index contributed by atoms with van der Waals surface area (Å²) in [5.41, 5.74) is 5.39. The highest BCUT2D eigenvalue weighted by molar-refractivity contribution is 9.11. The molecule has 17 heavy (non-hydrogen) atoms. The van der Waals surface area contributed by atoms with Crippen LogP contribution in [0.2, 0.25) is 0 Å². The van der Waals surface area contributed by atoms with Crippen LogP contribution < -0.4 is 0 Å². The van der Waals surface area contributed by atoms with Gasteiger partial charge >= 0.3 is 0 Å². The Morgan fingerprint density at radius 1 is 1.12 bits per heavy atom. The molecule has 0 aliphatic heterocycles. The van der Waals surface area contributed by atoms with E-state index in [1.165, 1.54) is 41.5 Å². The van der Waals surface area contributed by atoms with Crippen molar-refractivity contribution in [1.29, 1.82) is 0 Å². The maximum atomic E-state index is 6.53. The van der Waals surface area contributed by atoms with Gasteiger partial charge in [0.25, 0.3) is 0 Å². The number of benzene rings is 1. The second-order valence-corrected chi connectivity index (χ2v) is 7.16. The van der Waals surface area contributed by atoms with Gasteiger partial charge in [0.15, 0.2) is 0 Å². The number of rotatable bonds is 2. The van der Waals surface area contributed by atoms with Gasteiger partial charge in [0.05, 0.1) is 9.16 Å². The monoisotopic (exact) mass is 326 g/mol. The average molecular weight is 328 g/mol. The quantitative estimate of drug-likeness (QED) is 0.654. The van der Waals surface area contributed by atoms with E-state index in [-0.39, 0.29) is 5.38 Å². The molecule has 0 N–H and O–H groups in total. The molecule has 3 heteroatoms. The molecular weight excluding hydrogens is 316 g/mol. The van der Waals surface area contributed by atoms with E-state index in [4.69, 9.17) is 11.6 Å². The topological polar surface area (TPSA) is 0 Å². The van der Waals surface area contributed by atoms with E-state index in [9.17, 15) is 0 Å². The molecule has 1 aromatic carbocycles. The van der Waals surface area contributed by atoms with Crippen molar-refractivity contribution in [1.82, 2.24) is 0 Å². The minimum Gasteiger partial charge on any atom is -0.136 e. The lowest BCUT2D eigenvalue weighted by atomic mass is 10.0. The summed E-state index contributed by atoms with van der Waals surface area (Å²) in [5, 5.41) is 2.10. The molecule has 0 amide bonds. The number of hydrogen-bond acceptors (Lipinski definition) is 1. The van der Waals surface area contributed by atoms with Gasteiger partial charge < -0.3 is 0 Å². The Morgan fingerprint density at radius 3 is 2.71 bits per heavy atom. The molecule has 0 spiro atoms. The number of fused-ring (bicyclic) bond motifs is 1. The SMILES string of the molecule is ClC(c1csc(Br)c1)c1ccc2c(c1)CCC2. The van der Waals surface area contributed by atoms with Gasteiger partial charge in [-0.3, -0.25) is 0 Å². The number of halogens is 2. The van der Waals surface area contributed by atoms with Crippen molar-refractivity contribution in [3.05, 3.63) is 55.7 Å². The molecule has 3 rings (SSSR count). The van der Waals surface area contributed by atoms with Gasteiger partial charge in [-0.25, -0.2) is 0 Å². The lowest BCUT2D eigenvalue weighted by molar-refractivity contribution is 0.911. The van der Waals surface area contributed by atoms with Crippen molar-refractivity contribution in [2.24, 2.45) is 0 Å². The highest BCUT2D eigenvalue weighted by atomic mass is 79.9. The van der Waals surface area contributed by atoms with Crippen LogP contribution in [0.5, 0.6) is 0 Å². The van der Waals surface area contributed by atoms with Crippen molar-refractivity contribution in [3.8, 4) is 0 Å². The Morgan fingerprint density at radius 2 is 1.94 bits per heavy atom. The van der Waals surface area contributed by atoms with Gasteiger partial charge in [-0.05, 0) is 68.9 Å². The van der Waals surface area contributed by atoms with Crippen molar-refractivity contribution < 1.29 is 0 Å². The average Bonchev–Trinajstić information content (AvgIpc) is 2.95. The second-order valence-electron chi connectivity index (χ2n) is 4.43. The molecule has 1 unspecified atom stereocenters. The molecule has 2 aromatic rings. The Kier molecular flexibility index (Phi) is 3.29. The van der Waals surface area contributed by atoms with E-state index in [0.29, 0.717) is 0 Å². The molecule has 0 bridgehead atoms. The zero-order chi connectivity index (χ0) is 11.8. The summed E-state index contributed by atoms with van der Waals surface area (Å²) in [4.78, 5) is 0. The van der Waals surface area contributed by atoms with Crippen molar-refractivity contribution in [2.75, 3.05) is 0 Å². The molecular formula is C14H12BrClS. The molecule has 88 valence electrons. The Labute approximate surface area is 119 Å². The molecule has 1 atom stereocenters. The van der Waals surface area contributed by atoms with Gasteiger partial charge in [-0.1, -0.05) is 18.2 Å². The standard InChI is InChI=1S/C14H12BrClS/c15-13-7-12(8-17-13)14(16)11-5-4-9-2-1-3-10(9)6-11/h4-8,14H,1-3H2. The molecule has 1 aliphatic rings. The smallest absolute Gasteiger partial charge is 0.0843 e. The van der Waals surface area contributed by atoms with E-state index < -0.39 is 0 Å². The predicted octanol–water partition coefficient (Wildman–Crippen LogP) is 5.33. The zero-order valence-electron chi connectivity index (χ0n) is 9.25. The summed E-state index contributed by atoms with van der Waals surface area (Å²) < 4.78 is 1.14. The molecule has 1 heterocycles. The third-order valence-corrected chi connectivity index (χ3v) is 5.32. The normalized spacial score (nSPS) is 15.9. The first-order chi connectivity index (χ1) is 8.24. The first-order valence-electron chi connectivity index (χ1n) is 5.74. The first kappa shape index (κ1) is 11.8. The molecule has 0 radical (unpaired) electrons. The third-order valence-electron chi connectivity index (χ3n) is 3.30. The molecule has 0 nitrogen and oxygen atoms in total.